The maximum atomic E-state index is 9.76. The predicted molar refractivity (Wildman–Crippen MR) is 48.6 cm³/mol. The minimum absolute atomic E-state index is 0.536. The fraction of sp³-hybridized carbons (Fsp3) is 0.400. The Morgan fingerprint density at radius 2 is 2.23 bits per heavy atom. The molecule has 0 fully saturated rings. The molecule has 1 heterocycles. The van der Waals surface area contributed by atoms with Gasteiger partial charge in [-0.05, 0) is 26.0 Å². The lowest BCUT2D eigenvalue weighted by Gasteiger charge is -2.21. The van der Waals surface area contributed by atoms with Crippen LogP contribution in [-0.2, 0) is 0 Å². The second kappa shape index (κ2) is 3.55. The second-order valence-electron chi connectivity index (χ2n) is 3.49. The fourth-order valence-corrected chi connectivity index (χ4v) is 0.969. The Kier molecular flexibility index (Phi) is 2.64. The molecule has 0 aliphatic heterocycles. The average molecular weight is 176 g/mol. The Balaban J connectivity index is 2.94. The highest BCUT2D eigenvalue weighted by atomic mass is 16.3. The van der Waals surface area contributed by atoms with E-state index in [0.29, 0.717) is 5.69 Å². The molecule has 0 saturated carbocycles. The van der Waals surface area contributed by atoms with Gasteiger partial charge in [0.15, 0.2) is 0 Å². The van der Waals surface area contributed by atoms with Gasteiger partial charge in [0.05, 0.1) is 17.2 Å². The van der Waals surface area contributed by atoms with Crippen LogP contribution in [0.4, 0.5) is 0 Å². The van der Waals surface area contributed by atoms with E-state index in [9.17, 15) is 5.11 Å². The van der Waals surface area contributed by atoms with Crippen molar-refractivity contribution < 1.29 is 5.11 Å². The summed E-state index contributed by atoms with van der Waals surface area (Å²) in [6.07, 6.45) is 0.769. The zero-order valence-corrected chi connectivity index (χ0v) is 7.73. The summed E-state index contributed by atoms with van der Waals surface area (Å²) in [5.41, 5.74) is -0.261. The van der Waals surface area contributed by atoms with E-state index < -0.39 is 11.5 Å². The zero-order chi connectivity index (χ0) is 9.90. The molecule has 1 aromatic rings. The molecule has 0 saturated heterocycles. The molecule has 0 aliphatic carbocycles. The smallest absolute Gasteiger partial charge is 0.114 e. The molecule has 0 aromatic carbocycles. The summed E-state index contributed by atoms with van der Waals surface area (Å²) in [5, 5.41) is 18.6. The molecule has 1 atom stereocenters. The van der Waals surface area contributed by atoms with Crippen molar-refractivity contribution in [2.75, 3.05) is 0 Å². The van der Waals surface area contributed by atoms with E-state index >= 15 is 0 Å². The van der Waals surface area contributed by atoms with Crippen molar-refractivity contribution in [3.05, 3.63) is 30.1 Å². The number of nitrogens with zero attached hydrogens (tertiary/aromatic N) is 2. The van der Waals surface area contributed by atoms with Gasteiger partial charge in [-0.25, -0.2) is 0 Å². The van der Waals surface area contributed by atoms with E-state index in [1.54, 1.807) is 38.2 Å². The molecule has 13 heavy (non-hydrogen) atoms. The maximum absolute atomic E-state index is 9.76. The molecular weight excluding hydrogens is 164 g/mol. The fourth-order valence-electron chi connectivity index (χ4n) is 0.969. The van der Waals surface area contributed by atoms with Gasteiger partial charge in [0.2, 0.25) is 0 Å². The van der Waals surface area contributed by atoms with E-state index in [-0.39, 0.29) is 0 Å². The molecule has 3 nitrogen and oxygen atoms in total. The van der Waals surface area contributed by atoms with Crippen LogP contribution in [0.2, 0.25) is 0 Å². The molecule has 1 aromatic heterocycles. The minimum atomic E-state index is -0.835. The minimum Gasteiger partial charge on any atom is -0.385 e. The standard InChI is InChI=1S/C10H12N2O/c1-10(2,7-11)9(13)8-5-3-4-6-12-8/h3-6,9,13H,1-2H3. The van der Waals surface area contributed by atoms with Gasteiger partial charge in [0, 0.05) is 6.20 Å². The lowest BCUT2D eigenvalue weighted by Crippen LogP contribution is -2.20. The molecule has 1 unspecified atom stereocenters. The van der Waals surface area contributed by atoms with Gasteiger partial charge in [-0.3, -0.25) is 4.98 Å². The third kappa shape index (κ3) is 2.04. The van der Waals surface area contributed by atoms with E-state index in [1.807, 2.05) is 6.07 Å². The van der Waals surface area contributed by atoms with Crippen molar-refractivity contribution in [2.24, 2.45) is 5.41 Å². The molecule has 0 radical (unpaired) electrons. The molecule has 68 valence electrons. The zero-order valence-electron chi connectivity index (χ0n) is 7.73. The number of hydrogen-bond acceptors (Lipinski definition) is 3. The van der Waals surface area contributed by atoms with Gasteiger partial charge >= 0.3 is 0 Å². The molecule has 0 amide bonds. The third-order valence-electron chi connectivity index (χ3n) is 1.94. The number of hydrogen-bond donors (Lipinski definition) is 1. The average Bonchev–Trinajstić information content (AvgIpc) is 2.18. The van der Waals surface area contributed by atoms with Gasteiger partial charge in [0.25, 0.3) is 0 Å². The largest absolute Gasteiger partial charge is 0.385 e. The van der Waals surface area contributed by atoms with E-state index in [4.69, 9.17) is 5.26 Å². The van der Waals surface area contributed by atoms with Crippen LogP contribution in [0, 0.1) is 16.7 Å². The highest BCUT2D eigenvalue weighted by Crippen LogP contribution is 2.30. The Hall–Kier alpha value is -1.40. The van der Waals surface area contributed by atoms with Crippen molar-refractivity contribution in [3.63, 3.8) is 0 Å². The number of aliphatic hydroxyl groups is 1. The number of rotatable bonds is 2. The summed E-state index contributed by atoms with van der Waals surface area (Å²) < 4.78 is 0. The van der Waals surface area contributed by atoms with Crippen LogP contribution in [0.5, 0.6) is 0 Å². The quantitative estimate of drug-likeness (QED) is 0.745. The molecule has 3 heteroatoms. The number of pyridine rings is 1. The Labute approximate surface area is 77.7 Å². The molecule has 1 N–H and O–H groups in total. The summed E-state index contributed by atoms with van der Waals surface area (Å²) in [5.74, 6) is 0. The van der Waals surface area contributed by atoms with E-state index in [1.165, 1.54) is 0 Å². The molecule has 0 aliphatic rings. The summed E-state index contributed by atoms with van der Waals surface area (Å²) >= 11 is 0. The second-order valence-corrected chi connectivity index (χ2v) is 3.49. The van der Waals surface area contributed by atoms with E-state index in [0.717, 1.165) is 0 Å². The Morgan fingerprint density at radius 3 is 2.69 bits per heavy atom. The highest BCUT2D eigenvalue weighted by molar-refractivity contribution is 5.13. The SMILES string of the molecule is CC(C)(C#N)C(O)c1ccccn1. The summed E-state index contributed by atoms with van der Waals surface area (Å²) in [4.78, 5) is 3.99. The lowest BCUT2D eigenvalue weighted by atomic mass is 9.86. The van der Waals surface area contributed by atoms with Crippen LogP contribution in [0.3, 0.4) is 0 Å². The molecular formula is C10H12N2O. The van der Waals surface area contributed by atoms with Crippen LogP contribution in [-0.4, -0.2) is 10.1 Å². The highest BCUT2D eigenvalue weighted by Gasteiger charge is 2.29. The molecule has 0 spiro atoms. The molecule has 1 rings (SSSR count). The number of aromatic nitrogens is 1. The summed E-state index contributed by atoms with van der Waals surface area (Å²) in [6, 6.07) is 7.33. The van der Waals surface area contributed by atoms with Crippen LogP contribution in [0.15, 0.2) is 24.4 Å². The van der Waals surface area contributed by atoms with Crippen molar-refractivity contribution >= 4 is 0 Å². The topological polar surface area (TPSA) is 56.9 Å². The summed E-state index contributed by atoms with van der Waals surface area (Å²) in [7, 11) is 0. The van der Waals surface area contributed by atoms with Crippen LogP contribution >= 0.6 is 0 Å². The third-order valence-corrected chi connectivity index (χ3v) is 1.94. The molecule has 0 bridgehead atoms. The van der Waals surface area contributed by atoms with Crippen LogP contribution in [0.1, 0.15) is 25.6 Å². The van der Waals surface area contributed by atoms with Gasteiger partial charge in [-0.15, -0.1) is 0 Å². The van der Waals surface area contributed by atoms with Gasteiger partial charge in [-0.2, -0.15) is 5.26 Å². The van der Waals surface area contributed by atoms with Crippen molar-refractivity contribution in [3.8, 4) is 6.07 Å². The lowest BCUT2D eigenvalue weighted by molar-refractivity contribution is 0.0827. The first-order valence-electron chi connectivity index (χ1n) is 4.08. The normalized spacial score (nSPS) is 13.4. The maximum Gasteiger partial charge on any atom is 0.114 e. The first-order chi connectivity index (χ1) is 6.08. The Morgan fingerprint density at radius 1 is 1.54 bits per heavy atom. The number of aliphatic hydroxyl groups excluding tert-OH is 1. The van der Waals surface area contributed by atoms with Crippen LogP contribution in [0.25, 0.3) is 0 Å². The predicted octanol–water partition coefficient (Wildman–Crippen LogP) is 1.66. The first-order valence-corrected chi connectivity index (χ1v) is 4.08. The van der Waals surface area contributed by atoms with Crippen LogP contribution < -0.4 is 0 Å². The Bertz CT molecular complexity index is 313. The van der Waals surface area contributed by atoms with Gasteiger partial charge < -0.3 is 5.11 Å². The van der Waals surface area contributed by atoms with Crippen molar-refractivity contribution in [1.82, 2.24) is 4.98 Å². The first kappa shape index (κ1) is 9.69. The van der Waals surface area contributed by atoms with Gasteiger partial charge in [-0.1, -0.05) is 6.07 Å². The van der Waals surface area contributed by atoms with Gasteiger partial charge in [0.1, 0.15) is 6.10 Å². The summed E-state index contributed by atoms with van der Waals surface area (Å²) in [6.45, 7) is 3.37. The van der Waals surface area contributed by atoms with Crippen molar-refractivity contribution in [2.45, 2.75) is 20.0 Å². The van der Waals surface area contributed by atoms with E-state index in [2.05, 4.69) is 4.98 Å². The number of nitriles is 1. The monoisotopic (exact) mass is 176 g/mol. The van der Waals surface area contributed by atoms with Crippen molar-refractivity contribution in [1.29, 1.82) is 5.26 Å².